The summed E-state index contributed by atoms with van der Waals surface area (Å²) in [6.07, 6.45) is 0. The van der Waals surface area contributed by atoms with Gasteiger partial charge in [0, 0.05) is 6.54 Å². The number of hydrogen-bond acceptors (Lipinski definition) is 5. The van der Waals surface area contributed by atoms with E-state index in [1.807, 2.05) is 0 Å². The van der Waals surface area contributed by atoms with Crippen molar-refractivity contribution in [3.05, 3.63) is 0 Å². The molecule has 0 aliphatic rings. The molecular formula is C10H20N2O4. The van der Waals surface area contributed by atoms with Crippen molar-refractivity contribution >= 4 is 11.9 Å². The first-order valence-electron chi connectivity index (χ1n) is 5.02. The van der Waals surface area contributed by atoms with Gasteiger partial charge in [-0.3, -0.25) is 4.79 Å². The van der Waals surface area contributed by atoms with Gasteiger partial charge in [0.1, 0.15) is 5.60 Å². The summed E-state index contributed by atoms with van der Waals surface area (Å²) in [5.74, 6) is -1.47. The molecule has 16 heavy (non-hydrogen) atoms. The van der Waals surface area contributed by atoms with Crippen molar-refractivity contribution < 1.29 is 19.4 Å². The molecule has 0 aromatic carbocycles. The average molecular weight is 232 g/mol. The summed E-state index contributed by atoms with van der Waals surface area (Å²) in [7, 11) is 0. The lowest BCUT2D eigenvalue weighted by Gasteiger charge is -2.27. The standard InChI is InChI=1S/C10H20N2O4/c1-9(2,3)16-8(15)10(4,11)7(14)12-5-6-13/h13H,5-6,11H2,1-4H3,(H,12,14)/t10-/m1/s1. The minimum atomic E-state index is -1.75. The summed E-state index contributed by atoms with van der Waals surface area (Å²) in [6.45, 7) is 6.17. The van der Waals surface area contributed by atoms with Crippen molar-refractivity contribution in [1.82, 2.24) is 5.32 Å². The third kappa shape index (κ3) is 4.59. The Balaban J connectivity index is 4.52. The van der Waals surface area contributed by atoms with E-state index in [0.29, 0.717) is 0 Å². The number of carbonyl (C=O) groups excluding carboxylic acids is 2. The van der Waals surface area contributed by atoms with Crippen LogP contribution in [0.5, 0.6) is 0 Å². The van der Waals surface area contributed by atoms with E-state index in [1.165, 1.54) is 6.92 Å². The maximum Gasteiger partial charge on any atom is 0.336 e. The molecule has 0 saturated carbocycles. The Bertz CT molecular complexity index is 268. The molecule has 0 aromatic rings. The van der Waals surface area contributed by atoms with Crippen LogP contribution >= 0.6 is 0 Å². The average Bonchev–Trinajstić information content (AvgIpc) is 2.11. The van der Waals surface area contributed by atoms with Gasteiger partial charge in [0.15, 0.2) is 5.54 Å². The van der Waals surface area contributed by atoms with E-state index in [4.69, 9.17) is 15.6 Å². The van der Waals surface area contributed by atoms with Crippen LogP contribution in [0.25, 0.3) is 0 Å². The van der Waals surface area contributed by atoms with Crippen LogP contribution in [0.2, 0.25) is 0 Å². The first-order chi connectivity index (χ1) is 7.11. The van der Waals surface area contributed by atoms with Crippen molar-refractivity contribution in [2.24, 2.45) is 5.73 Å². The number of hydrogen-bond donors (Lipinski definition) is 3. The number of aliphatic hydroxyl groups excluding tert-OH is 1. The molecule has 0 fully saturated rings. The summed E-state index contributed by atoms with van der Waals surface area (Å²) in [4.78, 5) is 23.1. The highest BCUT2D eigenvalue weighted by Gasteiger charge is 2.40. The lowest BCUT2D eigenvalue weighted by molar-refractivity contribution is -0.163. The molecule has 94 valence electrons. The monoisotopic (exact) mass is 232 g/mol. The molecule has 0 saturated heterocycles. The van der Waals surface area contributed by atoms with Crippen LogP contribution in [-0.2, 0) is 14.3 Å². The second-order valence-electron chi connectivity index (χ2n) is 4.68. The fourth-order valence-electron chi connectivity index (χ4n) is 0.830. The molecule has 0 aliphatic carbocycles. The third-order valence-electron chi connectivity index (χ3n) is 1.69. The van der Waals surface area contributed by atoms with Crippen LogP contribution in [0.15, 0.2) is 0 Å². The fraction of sp³-hybridized carbons (Fsp3) is 0.800. The molecule has 6 heteroatoms. The largest absolute Gasteiger partial charge is 0.458 e. The number of amides is 1. The van der Waals surface area contributed by atoms with Crippen LogP contribution < -0.4 is 11.1 Å². The van der Waals surface area contributed by atoms with E-state index < -0.39 is 23.0 Å². The Morgan fingerprint density at radius 1 is 1.31 bits per heavy atom. The molecule has 1 amide bonds. The second kappa shape index (κ2) is 5.27. The van der Waals surface area contributed by atoms with Gasteiger partial charge < -0.3 is 20.9 Å². The summed E-state index contributed by atoms with van der Waals surface area (Å²) < 4.78 is 5.02. The van der Waals surface area contributed by atoms with E-state index >= 15 is 0 Å². The summed E-state index contributed by atoms with van der Waals surface area (Å²) in [5.41, 5.74) is 3.14. The Labute approximate surface area is 95.1 Å². The zero-order chi connectivity index (χ0) is 13.0. The summed E-state index contributed by atoms with van der Waals surface area (Å²) in [6, 6.07) is 0. The highest BCUT2D eigenvalue weighted by Crippen LogP contribution is 2.12. The van der Waals surface area contributed by atoms with E-state index in [0.717, 1.165) is 0 Å². The highest BCUT2D eigenvalue weighted by atomic mass is 16.6. The van der Waals surface area contributed by atoms with Crippen molar-refractivity contribution in [1.29, 1.82) is 0 Å². The first-order valence-corrected chi connectivity index (χ1v) is 5.02. The molecule has 0 aromatic heterocycles. The van der Waals surface area contributed by atoms with Crippen LogP contribution in [0.3, 0.4) is 0 Å². The number of nitrogens with two attached hydrogens (primary N) is 1. The highest BCUT2D eigenvalue weighted by molar-refractivity contribution is 6.06. The number of ether oxygens (including phenoxy) is 1. The lowest BCUT2D eigenvalue weighted by atomic mass is 10.0. The summed E-state index contributed by atoms with van der Waals surface area (Å²) >= 11 is 0. The zero-order valence-electron chi connectivity index (χ0n) is 10.2. The van der Waals surface area contributed by atoms with Crippen molar-refractivity contribution in [3.63, 3.8) is 0 Å². The number of aliphatic hydroxyl groups is 1. The molecule has 0 unspecified atom stereocenters. The van der Waals surface area contributed by atoms with Gasteiger partial charge in [0.2, 0.25) is 0 Å². The van der Waals surface area contributed by atoms with E-state index in [2.05, 4.69) is 5.32 Å². The molecule has 0 heterocycles. The molecule has 0 rings (SSSR count). The third-order valence-corrected chi connectivity index (χ3v) is 1.69. The number of esters is 1. The van der Waals surface area contributed by atoms with Crippen molar-refractivity contribution in [3.8, 4) is 0 Å². The normalized spacial score (nSPS) is 15.1. The summed E-state index contributed by atoms with van der Waals surface area (Å²) in [5, 5.41) is 10.9. The smallest absolute Gasteiger partial charge is 0.336 e. The predicted molar refractivity (Wildman–Crippen MR) is 58.5 cm³/mol. The Morgan fingerprint density at radius 2 is 1.81 bits per heavy atom. The second-order valence-corrected chi connectivity index (χ2v) is 4.68. The minimum Gasteiger partial charge on any atom is -0.458 e. The number of carbonyl (C=O) groups is 2. The van der Waals surface area contributed by atoms with E-state index in [-0.39, 0.29) is 13.2 Å². The first kappa shape index (κ1) is 14.9. The van der Waals surface area contributed by atoms with Crippen LogP contribution in [0, 0.1) is 0 Å². The van der Waals surface area contributed by atoms with Gasteiger partial charge in [0.25, 0.3) is 5.91 Å². The molecule has 0 spiro atoms. The van der Waals surface area contributed by atoms with Gasteiger partial charge in [-0.1, -0.05) is 0 Å². The van der Waals surface area contributed by atoms with Crippen LogP contribution in [0.1, 0.15) is 27.7 Å². The minimum absolute atomic E-state index is 0.0500. The quantitative estimate of drug-likeness (QED) is 0.433. The Morgan fingerprint density at radius 3 is 2.19 bits per heavy atom. The maximum atomic E-state index is 11.6. The van der Waals surface area contributed by atoms with Crippen LogP contribution in [0.4, 0.5) is 0 Å². The van der Waals surface area contributed by atoms with Gasteiger partial charge in [-0.25, -0.2) is 4.79 Å². The van der Waals surface area contributed by atoms with Gasteiger partial charge in [-0.05, 0) is 27.7 Å². The molecule has 4 N–H and O–H groups in total. The SMILES string of the molecule is CC(C)(C)OC(=O)[C@](C)(N)C(=O)NCCO. The zero-order valence-corrected chi connectivity index (χ0v) is 10.2. The van der Waals surface area contributed by atoms with Gasteiger partial charge in [-0.2, -0.15) is 0 Å². The molecule has 0 aliphatic heterocycles. The van der Waals surface area contributed by atoms with Crippen molar-refractivity contribution in [2.75, 3.05) is 13.2 Å². The fourth-order valence-corrected chi connectivity index (χ4v) is 0.830. The molecular weight excluding hydrogens is 212 g/mol. The maximum absolute atomic E-state index is 11.6. The van der Waals surface area contributed by atoms with Gasteiger partial charge in [0.05, 0.1) is 6.61 Å². The Hall–Kier alpha value is -1.14. The van der Waals surface area contributed by atoms with Crippen LogP contribution in [-0.4, -0.2) is 41.3 Å². The van der Waals surface area contributed by atoms with E-state index in [1.54, 1.807) is 20.8 Å². The van der Waals surface area contributed by atoms with Gasteiger partial charge >= 0.3 is 5.97 Å². The molecule has 6 nitrogen and oxygen atoms in total. The Kier molecular flexibility index (Phi) is 4.89. The number of nitrogens with one attached hydrogen (secondary N) is 1. The lowest BCUT2D eigenvalue weighted by Crippen LogP contribution is -2.59. The predicted octanol–water partition coefficient (Wildman–Crippen LogP) is -0.846. The molecule has 1 atom stereocenters. The van der Waals surface area contributed by atoms with Gasteiger partial charge in [-0.15, -0.1) is 0 Å². The topological polar surface area (TPSA) is 102 Å². The van der Waals surface area contributed by atoms with E-state index in [9.17, 15) is 9.59 Å². The number of rotatable bonds is 4. The molecule has 0 radical (unpaired) electrons. The van der Waals surface area contributed by atoms with Crippen molar-refractivity contribution in [2.45, 2.75) is 38.8 Å². The molecule has 0 bridgehead atoms.